The second-order valence-electron chi connectivity index (χ2n) is 4.94. The minimum atomic E-state index is -0.527. The fourth-order valence-corrected chi connectivity index (χ4v) is 2.27. The third-order valence-electron chi connectivity index (χ3n) is 3.25. The average molecular weight is 292 g/mol. The van der Waals surface area contributed by atoms with Crippen molar-refractivity contribution in [3.05, 3.63) is 29.3 Å². The molecule has 2 amide bonds. The molecule has 0 fully saturated rings. The average Bonchev–Trinajstić information content (AvgIpc) is 2.92. The lowest BCUT2D eigenvalue weighted by atomic mass is 10.1. The zero-order valence-electron chi connectivity index (χ0n) is 11.9. The van der Waals surface area contributed by atoms with Gasteiger partial charge in [0.25, 0.3) is 5.91 Å². The molecule has 0 saturated heterocycles. The Kier molecular flexibility index (Phi) is 5.57. The fourth-order valence-electron chi connectivity index (χ4n) is 2.27. The SMILES string of the molecule is NC(=O)COCCNC(=O)COc1ccc2c(c1)CCC2. The maximum atomic E-state index is 11.6. The van der Waals surface area contributed by atoms with Gasteiger partial charge in [-0.25, -0.2) is 0 Å². The van der Waals surface area contributed by atoms with Crippen molar-refractivity contribution >= 4 is 11.8 Å². The van der Waals surface area contributed by atoms with E-state index in [1.165, 1.54) is 17.5 Å². The van der Waals surface area contributed by atoms with E-state index < -0.39 is 5.91 Å². The number of nitrogens with one attached hydrogen (secondary N) is 1. The first-order valence-corrected chi connectivity index (χ1v) is 7.02. The standard InChI is InChI=1S/C15H20N2O4/c16-14(18)9-20-7-6-17-15(19)10-21-13-5-4-11-2-1-3-12(11)8-13/h4-5,8H,1-3,6-7,9-10H2,(H2,16,18)(H,17,19). The van der Waals surface area contributed by atoms with Crippen LogP contribution in [0.4, 0.5) is 0 Å². The summed E-state index contributed by atoms with van der Waals surface area (Å²) < 4.78 is 10.4. The molecule has 2 rings (SSSR count). The highest BCUT2D eigenvalue weighted by Crippen LogP contribution is 2.25. The molecule has 0 unspecified atom stereocenters. The minimum Gasteiger partial charge on any atom is -0.484 e. The number of hydrogen-bond acceptors (Lipinski definition) is 4. The summed E-state index contributed by atoms with van der Waals surface area (Å²) in [6.07, 6.45) is 3.39. The first-order chi connectivity index (χ1) is 10.1. The number of carbonyl (C=O) groups is 2. The Morgan fingerprint density at radius 3 is 2.81 bits per heavy atom. The number of amides is 2. The largest absolute Gasteiger partial charge is 0.484 e. The van der Waals surface area contributed by atoms with Crippen molar-refractivity contribution in [3.8, 4) is 5.75 Å². The normalized spacial score (nSPS) is 12.8. The summed E-state index contributed by atoms with van der Waals surface area (Å²) in [4.78, 5) is 22.0. The number of hydrogen-bond donors (Lipinski definition) is 2. The summed E-state index contributed by atoms with van der Waals surface area (Å²) in [5.41, 5.74) is 7.60. The lowest BCUT2D eigenvalue weighted by Crippen LogP contribution is -2.32. The van der Waals surface area contributed by atoms with Crippen LogP contribution in [0.2, 0.25) is 0 Å². The third-order valence-corrected chi connectivity index (χ3v) is 3.25. The molecule has 6 nitrogen and oxygen atoms in total. The number of aryl methyl sites for hydroxylation is 2. The van der Waals surface area contributed by atoms with Gasteiger partial charge in [0.1, 0.15) is 12.4 Å². The monoisotopic (exact) mass is 292 g/mol. The molecule has 0 radical (unpaired) electrons. The summed E-state index contributed by atoms with van der Waals surface area (Å²) in [5.74, 6) is -0.0322. The Balaban J connectivity index is 1.63. The fraction of sp³-hybridized carbons (Fsp3) is 0.467. The van der Waals surface area contributed by atoms with Crippen LogP contribution >= 0.6 is 0 Å². The summed E-state index contributed by atoms with van der Waals surface area (Å²) in [5, 5.41) is 2.64. The molecule has 21 heavy (non-hydrogen) atoms. The van der Waals surface area contributed by atoms with Crippen molar-refractivity contribution in [3.63, 3.8) is 0 Å². The summed E-state index contributed by atoms with van der Waals surface area (Å²) in [6, 6.07) is 5.96. The van der Waals surface area contributed by atoms with E-state index in [0.717, 1.165) is 18.6 Å². The number of rotatable bonds is 8. The number of fused-ring (bicyclic) bond motifs is 1. The van der Waals surface area contributed by atoms with E-state index in [0.29, 0.717) is 6.54 Å². The Bertz CT molecular complexity index is 516. The van der Waals surface area contributed by atoms with Gasteiger partial charge in [-0.2, -0.15) is 0 Å². The van der Waals surface area contributed by atoms with E-state index in [1.54, 1.807) is 0 Å². The first-order valence-electron chi connectivity index (χ1n) is 7.02. The molecule has 6 heteroatoms. The van der Waals surface area contributed by atoms with Crippen molar-refractivity contribution < 1.29 is 19.1 Å². The Morgan fingerprint density at radius 1 is 1.19 bits per heavy atom. The van der Waals surface area contributed by atoms with E-state index in [1.807, 2.05) is 12.1 Å². The number of benzene rings is 1. The maximum Gasteiger partial charge on any atom is 0.258 e. The van der Waals surface area contributed by atoms with Gasteiger partial charge in [0.05, 0.1) is 6.61 Å². The van der Waals surface area contributed by atoms with E-state index in [2.05, 4.69) is 11.4 Å². The van der Waals surface area contributed by atoms with E-state index >= 15 is 0 Å². The smallest absolute Gasteiger partial charge is 0.258 e. The van der Waals surface area contributed by atoms with Gasteiger partial charge < -0.3 is 20.5 Å². The predicted molar refractivity (Wildman–Crippen MR) is 77.0 cm³/mol. The molecular formula is C15H20N2O4. The molecule has 3 N–H and O–H groups in total. The summed E-state index contributed by atoms with van der Waals surface area (Å²) in [6.45, 7) is 0.392. The highest BCUT2D eigenvalue weighted by molar-refractivity contribution is 5.77. The Hall–Kier alpha value is -2.08. The minimum absolute atomic E-state index is 0.0331. The van der Waals surface area contributed by atoms with Gasteiger partial charge in [-0.3, -0.25) is 9.59 Å². The van der Waals surface area contributed by atoms with Gasteiger partial charge in [-0.15, -0.1) is 0 Å². The van der Waals surface area contributed by atoms with Crippen molar-refractivity contribution in [2.24, 2.45) is 5.73 Å². The van der Waals surface area contributed by atoms with Crippen LogP contribution in [0, 0.1) is 0 Å². The second kappa shape index (κ2) is 7.64. The number of carbonyl (C=O) groups excluding carboxylic acids is 2. The molecule has 1 aliphatic rings. The van der Waals surface area contributed by atoms with Gasteiger partial charge >= 0.3 is 0 Å². The number of primary amides is 1. The lowest BCUT2D eigenvalue weighted by Gasteiger charge is -2.09. The van der Waals surface area contributed by atoms with Gasteiger partial charge in [0.15, 0.2) is 6.61 Å². The molecule has 1 aliphatic carbocycles. The molecule has 0 atom stereocenters. The van der Waals surface area contributed by atoms with E-state index in [-0.39, 0.29) is 25.7 Å². The zero-order chi connectivity index (χ0) is 15.1. The van der Waals surface area contributed by atoms with Crippen molar-refractivity contribution in [2.45, 2.75) is 19.3 Å². The predicted octanol–water partition coefficient (Wildman–Crippen LogP) is 0.172. The van der Waals surface area contributed by atoms with Crippen molar-refractivity contribution in [1.82, 2.24) is 5.32 Å². The molecule has 0 aliphatic heterocycles. The van der Waals surface area contributed by atoms with Crippen LogP contribution in [0.5, 0.6) is 5.75 Å². The van der Waals surface area contributed by atoms with Gasteiger partial charge in [0, 0.05) is 6.54 Å². The highest BCUT2D eigenvalue weighted by atomic mass is 16.5. The molecule has 0 aromatic heterocycles. The molecule has 0 saturated carbocycles. The highest BCUT2D eigenvalue weighted by Gasteiger charge is 2.11. The van der Waals surface area contributed by atoms with Crippen LogP contribution in [-0.4, -0.2) is 38.2 Å². The van der Waals surface area contributed by atoms with Crippen LogP contribution in [0.15, 0.2) is 18.2 Å². The Labute approximate surface area is 123 Å². The molecular weight excluding hydrogens is 272 g/mol. The third kappa shape index (κ3) is 5.07. The topological polar surface area (TPSA) is 90.7 Å². The van der Waals surface area contributed by atoms with Crippen LogP contribution < -0.4 is 15.8 Å². The van der Waals surface area contributed by atoms with Crippen molar-refractivity contribution in [2.75, 3.05) is 26.4 Å². The van der Waals surface area contributed by atoms with Crippen LogP contribution in [-0.2, 0) is 27.2 Å². The van der Waals surface area contributed by atoms with Crippen LogP contribution in [0.25, 0.3) is 0 Å². The molecule has 0 bridgehead atoms. The lowest BCUT2D eigenvalue weighted by molar-refractivity contribution is -0.123. The van der Waals surface area contributed by atoms with Crippen LogP contribution in [0.3, 0.4) is 0 Å². The van der Waals surface area contributed by atoms with Gasteiger partial charge in [-0.05, 0) is 42.5 Å². The second-order valence-corrected chi connectivity index (χ2v) is 4.94. The molecule has 0 spiro atoms. The van der Waals surface area contributed by atoms with E-state index in [4.69, 9.17) is 15.2 Å². The molecule has 114 valence electrons. The Morgan fingerprint density at radius 2 is 2.00 bits per heavy atom. The van der Waals surface area contributed by atoms with Gasteiger partial charge in [-0.1, -0.05) is 6.07 Å². The zero-order valence-corrected chi connectivity index (χ0v) is 11.9. The van der Waals surface area contributed by atoms with Gasteiger partial charge in [0.2, 0.25) is 5.91 Å². The number of ether oxygens (including phenoxy) is 2. The molecule has 1 aromatic carbocycles. The maximum absolute atomic E-state index is 11.6. The molecule has 0 heterocycles. The van der Waals surface area contributed by atoms with Crippen LogP contribution in [0.1, 0.15) is 17.5 Å². The first kappa shape index (κ1) is 15.3. The summed E-state index contributed by atoms with van der Waals surface area (Å²) in [7, 11) is 0. The van der Waals surface area contributed by atoms with Crippen molar-refractivity contribution in [1.29, 1.82) is 0 Å². The molecule has 1 aromatic rings. The summed E-state index contributed by atoms with van der Waals surface area (Å²) >= 11 is 0. The number of nitrogens with two attached hydrogens (primary N) is 1. The van der Waals surface area contributed by atoms with E-state index in [9.17, 15) is 9.59 Å². The quantitative estimate of drug-likeness (QED) is 0.668.